The molecule has 41 heavy (non-hydrogen) atoms. The average molecular weight is 576 g/mol. The molecule has 1 aromatic heterocycles. The van der Waals surface area contributed by atoms with E-state index < -0.39 is 16.3 Å². The Balaban J connectivity index is 1.02. The van der Waals surface area contributed by atoms with Gasteiger partial charge in [0, 0.05) is 57.4 Å². The minimum atomic E-state index is -3.37. The molecule has 0 bridgehead atoms. The molecule has 2 aliphatic rings. The van der Waals surface area contributed by atoms with Crippen molar-refractivity contribution in [2.45, 2.75) is 25.7 Å². The van der Waals surface area contributed by atoms with Crippen LogP contribution < -0.4 is 4.90 Å². The van der Waals surface area contributed by atoms with Crippen LogP contribution in [0.1, 0.15) is 11.5 Å². The number of anilines is 1. The lowest BCUT2D eigenvalue weighted by atomic mass is 10.0. The maximum Gasteiger partial charge on any atom is 0.223 e. The second kappa shape index (κ2) is 11.7. The third-order valence-corrected chi connectivity index (χ3v) is 9.71. The first-order valence-electron chi connectivity index (χ1n) is 13.8. The van der Waals surface area contributed by atoms with Crippen molar-refractivity contribution in [3.05, 3.63) is 78.2 Å². The van der Waals surface area contributed by atoms with Crippen LogP contribution in [0.25, 0.3) is 22.2 Å². The number of hydrogen-bond acceptors (Lipinski definition) is 9. The fourth-order valence-corrected chi connectivity index (χ4v) is 7.13. The molecule has 0 N–H and O–H groups in total. The predicted molar refractivity (Wildman–Crippen MR) is 156 cm³/mol. The van der Waals surface area contributed by atoms with E-state index in [1.165, 1.54) is 0 Å². The number of aldehydes is 1. The van der Waals surface area contributed by atoms with Gasteiger partial charge in [0.25, 0.3) is 0 Å². The Hall–Kier alpha value is -3.64. The highest BCUT2D eigenvalue weighted by Gasteiger charge is 2.35. The standard InChI is InChI=1S/C30H33N5O5S/c1-22-31-30(32-40-22)25-9-11-26(12-10-25)35-20-27(39-29(35)21-36)19-33-14-16-34(17-15-33)41(37,38)18-13-24-7-4-6-23-5-2-3-8-28(23)24/h2-12,21,27,29H,13-20H2,1H3. The van der Waals surface area contributed by atoms with Gasteiger partial charge in [-0.2, -0.15) is 9.29 Å². The number of ether oxygens (including phenoxy) is 1. The summed E-state index contributed by atoms with van der Waals surface area (Å²) in [5.41, 5.74) is 2.75. The van der Waals surface area contributed by atoms with Gasteiger partial charge in [-0.15, -0.1) is 0 Å². The van der Waals surface area contributed by atoms with Crippen LogP contribution in [0, 0.1) is 6.92 Å². The molecular weight excluding hydrogens is 542 g/mol. The van der Waals surface area contributed by atoms with Gasteiger partial charge < -0.3 is 14.2 Å². The number of aryl methyl sites for hydroxylation is 2. The zero-order chi connectivity index (χ0) is 28.4. The predicted octanol–water partition coefficient (Wildman–Crippen LogP) is 3.12. The van der Waals surface area contributed by atoms with E-state index in [2.05, 4.69) is 15.0 Å². The number of carbonyl (C=O) groups is 1. The van der Waals surface area contributed by atoms with Crippen LogP contribution in [0.2, 0.25) is 0 Å². The Morgan fingerprint density at radius 3 is 2.46 bits per heavy atom. The fraction of sp³-hybridized carbons (Fsp3) is 0.367. The number of benzene rings is 3. The van der Waals surface area contributed by atoms with Gasteiger partial charge in [0.05, 0.1) is 11.9 Å². The second-order valence-electron chi connectivity index (χ2n) is 10.5. The summed E-state index contributed by atoms with van der Waals surface area (Å²) in [5.74, 6) is 1.11. The topological polar surface area (TPSA) is 109 Å². The van der Waals surface area contributed by atoms with Crippen LogP contribution in [0.4, 0.5) is 5.69 Å². The molecule has 2 fully saturated rings. The minimum absolute atomic E-state index is 0.0911. The van der Waals surface area contributed by atoms with Crippen molar-refractivity contribution in [3.63, 3.8) is 0 Å². The molecule has 6 rings (SSSR count). The Morgan fingerprint density at radius 2 is 1.73 bits per heavy atom. The summed E-state index contributed by atoms with van der Waals surface area (Å²) in [6, 6.07) is 21.7. The van der Waals surface area contributed by atoms with Crippen LogP contribution in [-0.2, 0) is 26.0 Å². The van der Waals surface area contributed by atoms with E-state index in [-0.39, 0.29) is 11.9 Å². The van der Waals surface area contributed by atoms with Crippen molar-refractivity contribution in [3.8, 4) is 11.4 Å². The summed E-state index contributed by atoms with van der Waals surface area (Å²) < 4.78 is 39.1. The molecule has 2 unspecified atom stereocenters. The van der Waals surface area contributed by atoms with Crippen molar-refractivity contribution in [1.82, 2.24) is 19.3 Å². The van der Waals surface area contributed by atoms with Gasteiger partial charge in [-0.3, -0.25) is 9.69 Å². The largest absolute Gasteiger partial charge is 0.345 e. The van der Waals surface area contributed by atoms with Crippen LogP contribution in [0.15, 0.2) is 71.3 Å². The zero-order valence-electron chi connectivity index (χ0n) is 22.9. The van der Waals surface area contributed by atoms with Gasteiger partial charge in [0.15, 0.2) is 12.5 Å². The summed E-state index contributed by atoms with van der Waals surface area (Å²) in [6.45, 7) is 5.08. The van der Waals surface area contributed by atoms with Gasteiger partial charge in [0.2, 0.25) is 21.7 Å². The Bertz CT molecular complexity index is 1610. The van der Waals surface area contributed by atoms with Gasteiger partial charge in [0.1, 0.15) is 0 Å². The summed E-state index contributed by atoms with van der Waals surface area (Å²) >= 11 is 0. The van der Waals surface area contributed by atoms with Crippen LogP contribution in [-0.4, -0.2) is 91.4 Å². The summed E-state index contributed by atoms with van der Waals surface area (Å²) in [5, 5.41) is 6.18. The second-order valence-corrected chi connectivity index (χ2v) is 12.6. The number of nitrogens with zero attached hydrogens (tertiary/aromatic N) is 5. The normalized spacial score (nSPS) is 20.6. The molecule has 0 aliphatic carbocycles. The molecule has 0 radical (unpaired) electrons. The third-order valence-electron chi connectivity index (χ3n) is 7.84. The van der Waals surface area contributed by atoms with Crippen LogP contribution >= 0.6 is 0 Å². The van der Waals surface area contributed by atoms with Crippen molar-refractivity contribution in [2.24, 2.45) is 0 Å². The van der Waals surface area contributed by atoms with Crippen molar-refractivity contribution >= 4 is 32.8 Å². The number of aromatic nitrogens is 2. The lowest BCUT2D eigenvalue weighted by Gasteiger charge is -2.35. The number of fused-ring (bicyclic) bond motifs is 1. The number of carbonyl (C=O) groups excluding carboxylic acids is 1. The molecular formula is C30H33N5O5S. The van der Waals surface area contributed by atoms with Gasteiger partial charge in [-0.1, -0.05) is 47.6 Å². The quantitative estimate of drug-likeness (QED) is 0.278. The SMILES string of the molecule is Cc1nc(-c2ccc(N3CC(CN4CCN(S(=O)(=O)CCc5cccc6ccccc56)CC4)OC3C=O)cc2)no1. The number of rotatable bonds is 9. The van der Waals surface area contributed by atoms with E-state index in [0.717, 1.165) is 33.9 Å². The third kappa shape index (κ3) is 6.03. The van der Waals surface area contributed by atoms with Crippen molar-refractivity contribution in [2.75, 3.05) is 49.9 Å². The molecule has 214 valence electrons. The monoisotopic (exact) mass is 575 g/mol. The van der Waals surface area contributed by atoms with Crippen LogP contribution in [0.5, 0.6) is 0 Å². The Labute approximate surface area is 239 Å². The molecule has 2 saturated heterocycles. The maximum absolute atomic E-state index is 13.2. The zero-order valence-corrected chi connectivity index (χ0v) is 23.7. The van der Waals surface area contributed by atoms with E-state index in [1.54, 1.807) is 11.2 Å². The Kier molecular flexibility index (Phi) is 7.85. The molecule has 2 aliphatic heterocycles. The highest BCUT2D eigenvalue weighted by atomic mass is 32.2. The average Bonchev–Trinajstić information content (AvgIpc) is 3.62. The molecule has 3 aromatic carbocycles. The molecule has 2 atom stereocenters. The summed E-state index contributed by atoms with van der Waals surface area (Å²) in [7, 11) is -3.37. The van der Waals surface area contributed by atoms with E-state index in [0.29, 0.717) is 57.4 Å². The first-order chi connectivity index (χ1) is 19.9. The van der Waals surface area contributed by atoms with E-state index in [1.807, 2.05) is 71.6 Å². The maximum atomic E-state index is 13.2. The van der Waals surface area contributed by atoms with Gasteiger partial charge in [-0.05, 0) is 47.0 Å². The minimum Gasteiger partial charge on any atom is -0.345 e. The lowest BCUT2D eigenvalue weighted by Crippen LogP contribution is -2.51. The van der Waals surface area contributed by atoms with Crippen molar-refractivity contribution < 1.29 is 22.5 Å². The van der Waals surface area contributed by atoms with E-state index in [4.69, 9.17) is 9.26 Å². The highest BCUT2D eigenvalue weighted by molar-refractivity contribution is 7.89. The molecule has 10 nitrogen and oxygen atoms in total. The van der Waals surface area contributed by atoms with Crippen LogP contribution in [0.3, 0.4) is 0 Å². The molecule has 0 saturated carbocycles. The van der Waals surface area contributed by atoms with E-state index >= 15 is 0 Å². The first-order valence-corrected chi connectivity index (χ1v) is 15.5. The van der Waals surface area contributed by atoms with Gasteiger partial charge in [-0.25, -0.2) is 8.42 Å². The first kappa shape index (κ1) is 27.5. The molecule has 3 heterocycles. The fourth-order valence-electron chi connectivity index (χ4n) is 5.67. The molecule has 11 heteroatoms. The number of piperazine rings is 1. The van der Waals surface area contributed by atoms with Gasteiger partial charge >= 0.3 is 0 Å². The molecule has 0 amide bonds. The highest BCUT2D eigenvalue weighted by Crippen LogP contribution is 2.27. The summed E-state index contributed by atoms with van der Waals surface area (Å²) in [4.78, 5) is 20.2. The molecule has 4 aromatic rings. The number of sulfonamides is 1. The lowest BCUT2D eigenvalue weighted by molar-refractivity contribution is -0.117. The smallest absolute Gasteiger partial charge is 0.223 e. The van der Waals surface area contributed by atoms with E-state index in [9.17, 15) is 13.2 Å². The Morgan fingerprint density at radius 1 is 0.976 bits per heavy atom. The molecule has 0 spiro atoms. The summed E-state index contributed by atoms with van der Waals surface area (Å²) in [6.07, 6.45) is 0.461. The number of hydrogen-bond donors (Lipinski definition) is 0. The van der Waals surface area contributed by atoms with Crippen molar-refractivity contribution in [1.29, 1.82) is 0 Å².